The molecule has 0 bridgehead atoms. The molecule has 4 aromatic rings. The first-order valence-electron chi connectivity index (χ1n) is 10.2. The van der Waals surface area contributed by atoms with Gasteiger partial charge in [-0.1, -0.05) is 60.7 Å². The van der Waals surface area contributed by atoms with E-state index < -0.39 is 18.1 Å². The third-order valence-corrected chi connectivity index (χ3v) is 4.51. The van der Waals surface area contributed by atoms with E-state index in [1.165, 1.54) is 24.3 Å². The summed E-state index contributed by atoms with van der Waals surface area (Å²) in [4.78, 5) is 37.7. The largest absolute Gasteiger partial charge is 0.519 e. The molecule has 0 saturated heterocycles. The second kappa shape index (κ2) is 12.3. The van der Waals surface area contributed by atoms with Gasteiger partial charge in [0.2, 0.25) is 0 Å². The van der Waals surface area contributed by atoms with Crippen LogP contribution in [0.3, 0.4) is 0 Å². The molecule has 4 rings (SSSR count). The van der Waals surface area contributed by atoms with Crippen LogP contribution < -0.4 is 18.9 Å². The Hall–Kier alpha value is -4.20. The zero-order chi connectivity index (χ0) is 23.8. The standard InChI is InChI=1S/C27H18O7.Ti/c28-25(31-19-11-3-1-4-12-19)21-15-7-9-17-23(21)33-27(30)34-24-18-10-8-16-22(24)26(29)32-20-13-5-2-6-14-20;/h1-18H;. The maximum Gasteiger partial charge on any atom is 0.519 e. The fourth-order valence-electron chi connectivity index (χ4n) is 2.95. The maximum atomic E-state index is 12.6. The van der Waals surface area contributed by atoms with E-state index >= 15 is 0 Å². The van der Waals surface area contributed by atoms with Crippen molar-refractivity contribution in [2.45, 2.75) is 0 Å². The molecule has 0 spiro atoms. The molecule has 0 radical (unpaired) electrons. The molecule has 0 atom stereocenters. The SMILES string of the molecule is O=C(Oc1ccccc1C(=O)Oc1ccccc1)Oc1ccccc1C(=O)Oc1ccccc1.[Ti]. The monoisotopic (exact) mass is 502 g/mol. The van der Waals surface area contributed by atoms with Crippen LogP contribution in [0.4, 0.5) is 4.79 Å². The summed E-state index contributed by atoms with van der Waals surface area (Å²) in [5.41, 5.74) is 0.0557. The molecule has 0 aliphatic carbocycles. The van der Waals surface area contributed by atoms with Gasteiger partial charge in [0.25, 0.3) is 0 Å². The van der Waals surface area contributed by atoms with Gasteiger partial charge >= 0.3 is 18.1 Å². The first-order chi connectivity index (χ1) is 16.6. The molecule has 0 fully saturated rings. The van der Waals surface area contributed by atoms with Crippen molar-refractivity contribution >= 4 is 18.1 Å². The second-order valence-electron chi connectivity index (χ2n) is 6.85. The molecule has 172 valence electrons. The normalized spacial score (nSPS) is 9.83. The van der Waals surface area contributed by atoms with E-state index in [0.717, 1.165) is 0 Å². The van der Waals surface area contributed by atoms with Crippen LogP contribution in [-0.4, -0.2) is 18.1 Å². The van der Waals surface area contributed by atoms with Crippen LogP contribution in [0.25, 0.3) is 0 Å². The Bertz CT molecular complexity index is 1210. The number of hydrogen-bond donors (Lipinski definition) is 0. The number of benzene rings is 4. The number of esters is 2. The van der Waals surface area contributed by atoms with E-state index in [1.807, 2.05) is 0 Å². The van der Waals surface area contributed by atoms with Crippen LogP contribution >= 0.6 is 0 Å². The second-order valence-corrected chi connectivity index (χ2v) is 6.85. The fourth-order valence-corrected chi connectivity index (χ4v) is 2.95. The summed E-state index contributed by atoms with van der Waals surface area (Å²) in [6.07, 6.45) is -1.14. The smallest absolute Gasteiger partial charge is 0.423 e. The molecule has 4 aromatic carbocycles. The molecule has 0 saturated carbocycles. The maximum absolute atomic E-state index is 12.6. The Kier molecular flexibility index (Phi) is 8.95. The molecule has 0 aliphatic heterocycles. The Morgan fingerprint density at radius 3 is 1.17 bits per heavy atom. The Labute approximate surface area is 216 Å². The van der Waals surface area contributed by atoms with E-state index in [4.69, 9.17) is 18.9 Å². The average Bonchev–Trinajstić information content (AvgIpc) is 2.86. The minimum Gasteiger partial charge on any atom is -0.423 e. The molecular weight excluding hydrogens is 484 g/mol. The van der Waals surface area contributed by atoms with Crippen molar-refractivity contribution in [3.63, 3.8) is 0 Å². The topological polar surface area (TPSA) is 88.1 Å². The van der Waals surface area contributed by atoms with Gasteiger partial charge in [-0.2, -0.15) is 0 Å². The zero-order valence-electron chi connectivity index (χ0n) is 18.3. The van der Waals surface area contributed by atoms with Crippen LogP contribution in [0.15, 0.2) is 109 Å². The summed E-state index contributed by atoms with van der Waals surface area (Å²) >= 11 is 0. The van der Waals surface area contributed by atoms with Gasteiger partial charge in [0.05, 0.1) is 0 Å². The number of carbonyl (C=O) groups excluding carboxylic acids is 3. The Morgan fingerprint density at radius 1 is 0.429 bits per heavy atom. The van der Waals surface area contributed by atoms with Crippen LogP contribution in [-0.2, 0) is 21.7 Å². The summed E-state index contributed by atoms with van der Waals surface area (Å²) < 4.78 is 21.1. The minimum atomic E-state index is -1.14. The van der Waals surface area contributed by atoms with Crippen LogP contribution in [0.5, 0.6) is 23.0 Å². The van der Waals surface area contributed by atoms with Crippen molar-refractivity contribution in [3.8, 4) is 23.0 Å². The van der Waals surface area contributed by atoms with Crippen molar-refractivity contribution < 1.29 is 55.0 Å². The molecule has 8 heteroatoms. The molecule has 35 heavy (non-hydrogen) atoms. The first-order valence-corrected chi connectivity index (χ1v) is 10.2. The van der Waals surface area contributed by atoms with Gasteiger partial charge in [0.1, 0.15) is 34.1 Å². The quantitative estimate of drug-likeness (QED) is 0.145. The molecule has 0 aliphatic rings. The van der Waals surface area contributed by atoms with E-state index in [2.05, 4.69) is 0 Å². The van der Waals surface area contributed by atoms with Crippen molar-refractivity contribution in [2.75, 3.05) is 0 Å². The van der Waals surface area contributed by atoms with Gasteiger partial charge in [-0.3, -0.25) is 0 Å². The van der Waals surface area contributed by atoms with E-state index in [1.54, 1.807) is 84.9 Å². The molecule has 0 aromatic heterocycles. The van der Waals surface area contributed by atoms with Crippen LogP contribution in [0.2, 0.25) is 0 Å². The van der Waals surface area contributed by atoms with Crippen molar-refractivity contribution in [1.29, 1.82) is 0 Å². The van der Waals surface area contributed by atoms with Gasteiger partial charge < -0.3 is 18.9 Å². The molecule has 0 N–H and O–H groups in total. The number of carbonyl (C=O) groups is 3. The van der Waals surface area contributed by atoms with Crippen LogP contribution in [0, 0.1) is 0 Å². The average molecular weight is 502 g/mol. The Balaban J connectivity index is 0.00000342. The summed E-state index contributed by atoms with van der Waals surface area (Å²) in [6.45, 7) is 0. The van der Waals surface area contributed by atoms with Gasteiger partial charge in [0.15, 0.2) is 0 Å². The molecule has 0 heterocycles. The number of rotatable bonds is 6. The predicted octanol–water partition coefficient (Wildman–Crippen LogP) is 5.70. The number of para-hydroxylation sites is 4. The first kappa shape index (κ1) is 25.4. The van der Waals surface area contributed by atoms with E-state index in [9.17, 15) is 14.4 Å². The van der Waals surface area contributed by atoms with E-state index in [0.29, 0.717) is 11.5 Å². The summed E-state index contributed by atoms with van der Waals surface area (Å²) in [6, 6.07) is 29.1. The van der Waals surface area contributed by atoms with Crippen molar-refractivity contribution in [2.24, 2.45) is 0 Å². The van der Waals surface area contributed by atoms with Crippen LogP contribution in [0.1, 0.15) is 20.7 Å². The molecule has 7 nitrogen and oxygen atoms in total. The minimum absolute atomic E-state index is 0. The summed E-state index contributed by atoms with van der Waals surface area (Å²) in [5, 5.41) is 0. The Morgan fingerprint density at radius 2 is 0.771 bits per heavy atom. The molecule has 0 unspecified atom stereocenters. The zero-order valence-corrected chi connectivity index (χ0v) is 19.8. The van der Waals surface area contributed by atoms with Crippen molar-refractivity contribution in [1.82, 2.24) is 0 Å². The summed E-state index contributed by atoms with van der Waals surface area (Å²) in [7, 11) is 0. The summed E-state index contributed by atoms with van der Waals surface area (Å²) in [5.74, 6) is -0.843. The fraction of sp³-hybridized carbons (Fsp3) is 0. The van der Waals surface area contributed by atoms with Crippen molar-refractivity contribution in [3.05, 3.63) is 120 Å². The number of ether oxygens (including phenoxy) is 4. The van der Waals surface area contributed by atoms with Gasteiger partial charge in [0, 0.05) is 21.7 Å². The van der Waals surface area contributed by atoms with Gasteiger partial charge in [-0.05, 0) is 48.5 Å². The van der Waals surface area contributed by atoms with Gasteiger partial charge in [-0.15, -0.1) is 0 Å². The molecule has 0 amide bonds. The molecular formula is C27H18O7Ti. The predicted molar refractivity (Wildman–Crippen MR) is 122 cm³/mol. The third kappa shape index (κ3) is 6.90. The number of hydrogen-bond acceptors (Lipinski definition) is 7. The van der Waals surface area contributed by atoms with E-state index in [-0.39, 0.29) is 44.3 Å². The third-order valence-electron chi connectivity index (χ3n) is 4.51. The van der Waals surface area contributed by atoms with Gasteiger partial charge in [-0.25, -0.2) is 14.4 Å².